The van der Waals surface area contributed by atoms with Crippen LogP contribution in [-0.4, -0.2) is 32.4 Å². The minimum atomic E-state index is 0.706. The van der Waals surface area contributed by atoms with Gasteiger partial charge in [0.15, 0.2) is 11.5 Å². The third-order valence-corrected chi connectivity index (χ3v) is 5.54. The fourth-order valence-electron chi connectivity index (χ4n) is 3.25. The van der Waals surface area contributed by atoms with Crippen LogP contribution in [-0.2, 0) is 6.42 Å². The van der Waals surface area contributed by atoms with Crippen molar-refractivity contribution in [1.82, 2.24) is 4.98 Å². The summed E-state index contributed by atoms with van der Waals surface area (Å²) in [6.07, 6.45) is 0.762. The highest BCUT2D eigenvalue weighted by Gasteiger charge is 2.15. The largest absolute Gasteiger partial charge is 0.493 e. The van der Waals surface area contributed by atoms with Gasteiger partial charge in [-0.05, 0) is 42.8 Å². The zero-order chi connectivity index (χ0) is 18.8. The van der Waals surface area contributed by atoms with Gasteiger partial charge in [0, 0.05) is 23.4 Å². The molecule has 2 aromatic carbocycles. The molecule has 0 fully saturated rings. The fraction of sp³-hybridized carbons (Fsp3) is 0.286. The lowest BCUT2D eigenvalue weighted by Gasteiger charge is -2.19. The molecule has 0 unspecified atom stereocenters. The fourth-order valence-corrected chi connectivity index (χ4v) is 4.24. The zero-order valence-corrected chi connectivity index (χ0v) is 16.5. The van der Waals surface area contributed by atoms with Crippen molar-refractivity contribution < 1.29 is 14.2 Å². The van der Waals surface area contributed by atoms with Gasteiger partial charge >= 0.3 is 0 Å². The molecule has 27 heavy (non-hydrogen) atoms. The van der Waals surface area contributed by atoms with E-state index >= 15 is 0 Å². The maximum atomic E-state index is 5.67. The summed E-state index contributed by atoms with van der Waals surface area (Å²) in [7, 11) is 3.30. The van der Waals surface area contributed by atoms with Crippen LogP contribution in [0.3, 0.4) is 0 Å². The molecule has 0 atom stereocenters. The lowest BCUT2D eigenvalue weighted by molar-refractivity contribution is 0.323. The van der Waals surface area contributed by atoms with E-state index in [-0.39, 0.29) is 0 Å². The van der Waals surface area contributed by atoms with E-state index in [4.69, 9.17) is 19.2 Å². The molecule has 0 saturated heterocycles. The first kappa shape index (κ1) is 17.7. The van der Waals surface area contributed by atoms with E-state index in [0.29, 0.717) is 6.61 Å². The third-order valence-electron chi connectivity index (χ3n) is 4.57. The molecular formula is C21H22N2O3S. The SMILES string of the molecule is COc1ccc(Cc2nc(-c3ccc4c(c3)NCCO4)c(C)s2)cc1OC. The Kier molecular flexibility index (Phi) is 4.90. The van der Waals surface area contributed by atoms with Crippen LogP contribution in [0.15, 0.2) is 36.4 Å². The molecule has 0 aliphatic carbocycles. The summed E-state index contributed by atoms with van der Waals surface area (Å²) in [6.45, 7) is 3.66. The van der Waals surface area contributed by atoms with Gasteiger partial charge in [0.25, 0.3) is 0 Å². The van der Waals surface area contributed by atoms with Crippen LogP contribution in [0.2, 0.25) is 0 Å². The topological polar surface area (TPSA) is 52.6 Å². The van der Waals surface area contributed by atoms with E-state index in [0.717, 1.165) is 57.7 Å². The highest BCUT2D eigenvalue weighted by atomic mass is 32.1. The number of nitrogens with one attached hydrogen (secondary N) is 1. The summed E-state index contributed by atoms with van der Waals surface area (Å²) >= 11 is 1.73. The monoisotopic (exact) mass is 382 g/mol. The summed E-state index contributed by atoms with van der Waals surface area (Å²) in [5.41, 5.74) is 4.32. The minimum Gasteiger partial charge on any atom is -0.493 e. The molecule has 0 spiro atoms. The number of anilines is 1. The average Bonchev–Trinajstić information content (AvgIpc) is 3.07. The van der Waals surface area contributed by atoms with Crippen molar-refractivity contribution in [3.63, 3.8) is 0 Å². The number of fused-ring (bicyclic) bond motifs is 1. The van der Waals surface area contributed by atoms with Crippen LogP contribution in [0.4, 0.5) is 5.69 Å². The smallest absolute Gasteiger partial charge is 0.160 e. The quantitative estimate of drug-likeness (QED) is 0.703. The van der Waals surface area contributed by atoms with Crippen molar-refractivity contribution in [1.29, 1.82) is 0 Å². The third kappa shape index (κ3) is 3.57. The van der Waals surface area contributed by atoms with Crippen LogP contribution in [0.5, 0.6) is 17.2 Å². The first-order chi connectivity index (χ1) is 13.2. The molecule has 0 bridgehead atoms. The zero-order valence-electron chi connectivity index (χ0n) is 15.7. The summed E-state index contributed by atoms with van der Waals surface area (Å²) < 4.78 is 16.4. The van der Waals surface area contributed by atoms with E-state index in [9.17, 15) is 0 Å². The molecule has 1 N–H and O–H groups in total. The van der Waals surface area contributed by atoms with Crippen LogP contribution in [0.25, 0.3) is 11.3 Å². The molecule has 0 amide bonds. The Balaban J connectivity index is 1.60. The lowest BCUT2D eigenvalue weighted by Crippen LogP contribution is -2.17. The van der Waals surface area contributed by atoms with Crippen molar-refractivity contribution in [2.45, 2.75) is 13.3 Å². The summed E-state index contributed by atoms with van der Waals surface area (Å²) in [5.74, 6) is 2.38. The second-order valence-electron chi connectivity index (χ2n) is 6.36. The van der Waals surface area contributed by atoms with E-state index in [1.807, 2.05) is 18.2 Å². The molecule has 1 aliphatic rings. The Morgan fingerprint density at radius 3 is 2.78 bits per heavy atom. The highest BCUT2D eigenvalue weighted by Crippen LogP contribution is 2.35. The minimum absolute atomic E-state index is 0.706. The van der Waals surface area contributed by atoms with E-state index < -0.39 is 0 Å². The first-order valence-electron chi connectivity index (χ1n) is 8.86. The normalized spacial score (nSPS) is 12.7. The first-order valence-corrected chi connectivity index (χ1v) is 9.68. The number of aromatic nitrogens is 1. The molecule has 140 valence electrons. The predicted octanol–water partition coefficient (Wildman–Crippen LogP) is 4.53. The Bertz CT molecular complexity index is 968. The number of hydrogen-bond donors (Lipinski definition) is 1. The molecule has 2 heterocycles. The Morgan fingerprint density at radius 2 is 1.96 bits per heavy atom. The maximum absolute atomic E-state index is 5.67. The number of methoxy groups -OCH3 is 2. The van der Waals surface area contributed by atoms with Gasteiger partial charge in [-0.1, -0.05) is 6.07 Å². The van der Waals surface area contributed by atoms with Crippen LogP contribution in [0.1, 0.15) is 15.4 Å². The molecule has 5 nitrogen and oxygen atoms in total. The van der Waals surface area contributed by atoms with Crippen molar-refractivity contribution in [3.8, 4) is 28.5 Å². The highest BCUT2D eigenvalue weighted by molar-refractivity contribution is 7.12. The molecule has 4 rings (SSSR count). The molecule has 1 aromatic heterocycles. The number of aryl methyl sites for hydroxylation is 1. The van der Waals surface area contributed by atoms with E-state index in [1.54, 1.807) is 25.6 Å². The van der Waals surface area contributed by atoms with Gasteiger partial charge in [0.1, 0.15) is 12.4 Å². The van der Waals surface area contributed by atoms with E-state index in [1.165, 1.54) is 4.88 Å². The number of nitrogens with zero attached hydrogens (tertiary/aromatic N) is 1. The number of benzene rings is 2. The van der Waals surface area contributed by atoms with Crippen molar-refractivity contribution in [2.24, 2.45) is 0 Å². The molecule has 6 heteroatoms. The van der Waals surface area contributed by atoms with E-state index in [2.05, 4.69) is 30.4 Å². The van der Waals surface area contributed by atoms with Crippen molar-refractivity contribution in [2.75, 3.05) is 32.7 Å². The second kappa shape index (κ2) is 7.48. The Hall–Kier alpha value is -2.73. The van der Waals surface area contributed by atoms with Gasteiger partial charge in [-0.25, -0.2) is 4.98 Å². The van der Waals surface area contributed by atoms with Crippen LogP contribution in [0, 0.1) is 6.92 Å². The Labute approximate surface area is 162 Å². The van der Waals surface area contributed by atoms with Gasteiger partial charge in [-0.2, -0.15) is 0 Å². The van der Waals surface area contributed by atoms with Gasteiger partial charge in [-0.15, -0.1) is 11.3 Å². The number of thiazole rings is 1. The van der Waals surface area contributed by atoms with Gasteiger partial charge in [-0.3, -0.25) is 0 Å². The molecular weight excluding hydrogens is 360 g/mol. The summed E-state index contributed by atoms with van der Waals surface area (Å²) in [6, 6.07) is 12.2. The average molecular weight is 382 g/mol. The molecule has 1 aliphatic heterocycles. The standard InChI is InChI=1S/C21H22N2O3S/c1-13-21(15-5-7-17-16(12-15)22-8-9-26-17)23-20(27-13)11-14-4-6-18(24-2)19(10-14)25-3/h4-7,10,12,22H,8-9,11H2,1-3H3. The van der Waals surface area contributed by atoms with Gasteiger partial charge < -0.3 is 19.5 Å². The second-order valence-corrected chi connectivity index (χ2v) is 7.65. The number of rotatable bonds is 5. The lowest BCUT2D eigenvalue weighted by atomic mass is 10.1. The summed E-state index contributed by atoms with van der Waals surface area (Å²) in [4.78, 5) is 6.11. The number of ether oxygens (including phenoxy) is 3. The van der Waals surface area contributed by atoms with Gasteiger partial charge in [0.2, 0.25) is 0 Å². The Morgan fingerprint density at radius 1 is 1.11 bits per heavy atom. The predicted molar refractivity (Wildman–Crippen MR) is 109 cm³/mol. The van der Waals surface area contributed by atoms with Gasteiger partial charge in [0.05, 0.1) is 30.6 Å². The molecule has 0 saturated carbocycles. The number of hydrogen-bond acceptors (Lipinski definition) is 6. The van der Waals surface area contributed by atoms with Crippen molar-refractivity contribution in [3.05, 3.63) is 51.8 Å². The maximum Gasteiger partial charge on any atom is 0.160 e. The summed E-state index contributed by atoms with van der Waals surface area (Å²) in [5, 5.41) is 4.47. The van der Waals surface area contributed by atoms with Crippen LogP contribution >= 0.6 is 11.3 Å². The van der Waals surface area contributed by atoms with Crippen LogP contribution < -0.4 is 19.5 Å². The van der Waals surface area contributed by atoms with Crippen molar-refractivity contribution >= 4 is 17.0 Å². The molecule has 3 aromatic rings. The molecule has 0 radical (unpaired) electrons.